The highest BCUT2D eigenvalue weighted by molar-refractivity contribution is 9.10. The van der Waals surface area contributed by atoms with Crippen LogP contribution in [0.3, 0.4) is 0 Å². The lowest BCUT2D eigenvalue weighted by Crippen LogP contribution is -2.29. The maximum Gasteiger partial charge on any atom is 0.195 e. The molecule has 1 aromatic heterocycles. The zero-order chi connectivity index (χ0) is 11.3. The van der Waals surface area contributed by atoms with Crippen molar-refractivity contribution in [1.29, 1.82) is 0 Å². The lowest BCUT2D eigenvalue weighted by Gasteiger charge is -2.13. The molecule has 1 N–H and O–H groups in total. The first kappa shape index (κ1) is 12.3. The molecule has 0 radical (unpaired) electrons. The van der Waals surface area contributed by atoms with E-state index in [4.69, 9.17) is 5.11 Å². The molecule has 0 atom stereocenters. The summed E-state index contributed by atoms with van der Waals surface area (Å²) >= 11 is 3.28. The fourth-order valence-corrected chi connectivity index (χ4v) is 1.47. The number of carbonyl (C=O) groups excluding carboxylic acids is 1. The van der Waals surface area contributed by atoms with E-state index < -0.39 is 0 Å². The van der Waals surface area contributed by atoms with Crippen molar-refractivity contribution >= 4 is 21.7 Å². The van der Waals surface area contributed by atoms with Crippen LogP contribution in [-0.2, 0) is 0 Å². The number of rotatable bonds is 5. The van der Waals surface area contributed by atoms with E-state index in [9.17, 15) is 4.79 Å². The molecule has 1 heterocycles. The molecule has 1 rings (SSSR count). The maximum absolute atomic E-state index is 11.7. The summed E-state index contributed by atoms with van der Waals surface area (Å²) in [5.41, 5.74) is 0.439. The molecule has 0 aromatic carbocycles. The Labute approximate surface area is 97.1 Å². The van der Waals surface area contributed by atoms with E-state index in [0.717, 1.165) is 4.47 Å². The third-order valence-electron chi connectivity index (χ3n) is 1.90. The van der Waals surface area contributed by atoms with Crippen LogP contribution >= 0.6 is 15.9 Å². The number of hydrogen-bond donors (Lipinski definition) is 1. The van der Waals surface area contributed by atoms with Crippen LogP contribution in [0.5, 0.6) is 0 Å². The number of ketones is 1. The minimum absolute atomic E-state index is 0.0488. The molecule has 0 aliphatic rings. The van der Waals surface area contributed by atoms with Gasteiger partial charge in [0.05, 0.1) is 13.2 Å². The highest BCUT2D eigenvalue weighted by Crippen LogP contribution is 2.09. The molecule has 4 nitrogen and oxygen atoms in total. The van der Waals surface area contributed by atoms with E-state index in [2.05, 4.69) is 20.9 Å². The van der Waals surface area contributed by atoms with Crippen molar-refractivity contribution < 1.29 is 9.90 Å². The van der Waals surface area contributed by atoms with Crippen LogP contribution in [0, 0.1) is 0 Å². The van der Waals surface area contributed by atoms with E-state index in [1.807, 2.05) is 0 Å². The van der Waals surface area contributed by atoms with Gasteiger partial charge in [0.15, 0.2) is 5.78 Å². The second kappa shape index (κ2) is 5.95. The molecule has 0 amide bonds. The van der Waals surface area contributed by atoms with Gasteiger partial charge in [0.25, 0.3) is 0 Å². The Balaban J connectivity index is 2.61. The summed E-state index contributed by atoms with van der Waals surface area (Å²) in [6.45, 7) is 0.805. The predicted molar refractivity (Wildman–Crippen MR) is 60.9 cm³/mol. The largest absolute Gasteiger partial charge is 0.395 e. The number of aliphatic hydroxyl groups is 1. The molecule has 0 bridgehead atoms. The number of likely N-dealkylation sites (N-methyl/N-ethyl adjacent to an activating group) is 1. The zero-order valence-corrected chi connectivity index (χ0v) is 10.1. The highest BCUT2D eigenvalue weighted by atomic mass is 79.9. The third kappa shape index (κ3) is 4.07. The number of pyridine rings is 1. The van der Waals surface area contributed by atoms with E-state index in [-0.39, 0.29) is 18.9 Å². The Morgan fingerprint density at radius 3 is 3.00 bits per heavy atom. The van der Waals surface area contributed by atoms with Crippen molar-refractivity contribution in [3.63, 3.8) is 0 Å². The Morgan fingerprint density at radius 2 is 2.40 bits per heavy atom. The number of aliphatic hydroxyl groups excluding tert-OH is 1. The second-order valence-corrected chi connectivity index (χ2v) is 4.16. The van der Waals surface area contributed by atoms with E-state index in [1.165, 1.54) is 0 Å². The summed E-state index contributed by atoms with van der Waals surface area (Å²) in [5.74, 6) is -0.0488. The highest BCUT2D eigenvalue weighted by Gasteiger charge is 2.10. The third-order valence-corrected chi connectivity index (χ3v) is 2.40. The van der Waals surface area contributed by atoms with Crippen LogP contribution in [0.1, 0.15) is 10.5 Å². The molecule has 0 unspecified atom stereocenters. The van der Waals surface area contributed by atoms with Crippen LogP contribution in [-0.4, -0.2) is 47.5 Å². The molecular formula is C10H13BrN2O2. The summed E-state index contributed by atoms with van der Waals surface area (Å²) in [7, 11) is 1.78. The molecule has 0 saturated heterocycles. The molecule has 0 fully saturated rings. The van der Waals surface area contributed by atoms with Crippen LogP contribution in [0.15, 0.2) is 22.8 Å². The van der Waals surface area contributed by atoms with Gasteiger partial charge in [0.1, 0.15) is 5.69 Å². The van der Waals surface area contributed by atoms with Crippen molar-refractivity contribution in [2.24, 2.45) is 0 Å². The lowest BCUT2D eigenvalue weighted by molar-refractivity contribution is 0.0931. The average molecular weight is 273 g/mol. The lowest BCUT2D eigenvalue weighted by atomic mass is 10.2. The van der Waals surface area contributed by atoms with Gasteiger partial charge in [0.2, 0.25) is 0 Å². The number of halogens is 1. The first-order chi connectivity index (χ1) is 7.13. The van der Waals surface area contributed by atoms with Crippen LogP contribution in [0.2, 0.25) is 0 Å². The predicted octanol–water partition coefficient (Wildman–Crippen LogP) is 0.951. The molecule has 82 valence electrons. The summed E-state index contributed by atoms with van der Waals surface area (Å²) in [6, 6.07) is 3.46. The van der Waals surface area contributed by atoms with Gasteiger partial charge in [0, 0.05) is 17.2 Å². The summed E-state index contributed by atoms with van der Waals surface area (Å²) < 4.78 is 0.839. The molecule has 0 saturated carbocycles. The van der Waals surface area contributed by atoms with Gasteiger partial charge in [-0.05, 0) is 19.2 Å². The van der Waals surface area contributed by atoms with Crippen molar-refractivity contribution in [2.45, 2.75) is 0 Å². The van der Waals surface area contributed by atoms with Gasteiger partial charge in [-0.25, -0.2) is 0 Å². The van der Waals surface area contributed by atoms with E-state index >= 15 is 0 Å². The maximum atomic E-state index is 11.7. The summed E-state index contributed by atoms with van der Waals surface area (Å²) in [5, 5.41) is 8.69. The second-order valence-electron chi connectivity index (χ2n) is 3.24. The number of Topliss-reactive ketones (excluding diaryl/α,β-unsaturated/α-hetero) is 1. The van der Waals surface area contributed by atoms with Gasteiger partial charge < -0.3 is 5.11 Å². The van der Waals surface area contributed by atoms with Crippen molar-refractivity contribution in [3.8, 4) is 0 Å². The van der Waals surface area contributed by atoms with Crippen LogP contribution < -0.4 is 0 Å². The molecule has 1 aromatic rings. The normalized spacial score (nSPS) is 10.7. The van der Waals surface area contributed by atoms with E-state index in [1.54, 1.807) is 30.3 Å². The topological polar surface area (TPSA) is 53.4 Å². The smallest absolute Gasteiger partial charge is 0.195 e. The number of nitrogens with zero attached hydrogens (tertiary/aromatic N) is 2. The number of carbonyl (C=O) groups is 1. The Kier molecular flexibility index (Phi) is 4.87. The SMILES string of the molecule is CN(CCO)CC(=O)c1cc(Br)ccn1. The van der Waals surface area contributed by atoms with Gasteiger partial charge in [-0.3, -0.25) is 14.7 Å². The van der Waals surface area contributed by atoms with Crippen molar-refractivity contribution in [2.75, 3.05) is 26.7 Å². The molecule has 0 aliphatic heterocycles. The van der Waals surface area contributed by atoms with Gasteiger partial charge >= 0.3 is 0 Å². The summed E-state index contributed by atoms with van der Waals surface area (Å²) in [6.07, 6.45) is 1.59. The molecular weight excluding hydrogens is 260 g/mol. The summed E-state index contributed by atoms with van der Waals surface area (Å²) in [4.78, 5) is 17.4. The average Bonchev–Trinajstić information content (AvgIpc) is 2.18. The standard InChI is InChI=1S/C10H13BrN2O2/c1-13(4-5-14)7-10(15)9-6-8(11)2-3-12-9/h2-3,6,14H,4-5,7H2,1H3. The minimum Gasteiger partial charge on any atom is -0.395 e. The zero-order valence-electron chi connectivity index (χ0n) is 8.48. The Hall–Kier alpha value is -0.780. The molecule has 0 spiro atoms. The fourth-order valence-electron chi connectivity index (χ4n) is 1.13. The molecule has 0 aliphatic carbocycles. The number of hydrogen-bond acceptors (Lipinski definition) is 4. The number of aromatic nitrogens is 1. The van der Waals surface area contributed by atoms with Crippen molar-refractivity contribution in [1.82, 2.24) is 9.88 Å². The first-order valence-corrected chi connectivity index (χ1v) is 5.37. The Morgan fingerprint density at radius 1 is 1.67 bits per heavy atom. The van der Waals surface area contributed by atoms with Gasteiger partial charge in [-0.1, -0.05) is 15.9 Å². The van der Waals surface area contributed by atoms with Crippen molar-refractivity contribution in [3.05, 3.63) is 28.5 Å². The van der Waals surface area contributed by atoms with Crippen LogP contribution in [0.25, 0.3) is 0 Å². The molecule has 15 heavy (non-hydrogen) atoms. The van der Waals surface area contributed by atoms with Gasteiger partial charge in [-0.15, -0.1) is 0 Å². The first-order valence-electron chi connectivity index (χ1n) is 4.57. The quantitative estimate of drug-likeness (QED) is 0.812. The monoisotopic (exact) mass is 272 g/mol. The van der Waals surface area contributed by atoms with Crippen LogP contribution in [0.4, 0.5) is 0 Å². The van der Waals surface area contributed by atoms with E-state index in [0.29, 0.717) is 12.2 Å². The fraction of sp³-hybridized carbons (Fsp3) is 0.400. The van der Waals surface area contributed by atoms with Gasteiger partial charge in [-0.2, -0.15) is 0 Å². The Bertz CT molecular complexity index is 344. The molecule has 5 heteroatoms. The minimum atomic E-state index is -0.0488.